The first-order valence-electron chi connectivity index (χ1n) is 8.62. The van der Waals surface area contributed by atoms with Gasteiger partial charge in [-0.3, -0.25) is 4.79 Å². The number of rotatable bonds is 5. The van der Waals surface area contributed by atoms with Gasteiger partial charge in [-0.05, 0) is 42.8 Å². The lowest BCUT2D eigenvalue weighted by molar-refractivity contribution is 0.104. The number of hydrogen-bond donors (Lipinski definition) is 0. The highest BCUT2D eigenvalue weighted by molar-refractivity contribution is 7.22. The van der Waals surface area contributed by atoms with Crippen molar-refractivity contribution in [2.45, 2.75) is 6.92 Å². The molecule has 0 unspecified atom stereocenters. The van der Waals surface area contributed by atoms with Crippen LogP contribution in [-0.2, 0) is 0 Å². The van der Waals surface area contributed by atoms with Crippen LogP contribution in [0.2, 0.25) is 0 Å². The molecule has 0 fully saturated rings. The van der Waals surface area contributed by atoms with Gasteiger partial charge in [-0.25, -0.2) is 0 Å². The molecule has 4 rings (SSSR count). The van der Waals surface area contributed by atoms with E-state index >= 15 is 0 Å². The molecule has 4 aromatic rings. The molecule has 0 aliphatic carbocycles. The van der Waals surface area contributed by atoms with Gasteiger partial charge < -0.3 is 4.74 Å². The number of fused-ring (bicyclic) bond motifs is 1. The Labute approximate surface area is 156 Å². The second kappa shape index (κ2) is 7.14. The fourth-order valence-electron chi connectivity index (χ4n) is 3.08. The minimum atomic E-state index is 0.0620. The second-order valence-corrected chi connectivity index (χ2v) is 7.01. The molecule has 128 valence electrons. The zero-order chi connectivity index (χ0) is 17.9. The van der Waals surface area contributed by atoms with E-state index < -0.39 is 0 Å². The zero-order valence-corrected chi connectivity index (χ0v) is 15.3. The molecule has 3 heteroatoms. The van der Waals surface area contributed by atoms with Crippen LogP contribution >= 0.6 is 11.3 Å². The van der Waals surface area contributed by atoms with Crippen LogP contribution in [-0.4, -0.2) is 12.4 Å². The first kappa shape index (κ1) is 16.6. The predicted octanol–water partition coefficient (Wildman–Crippen LogP) is 6.20. The van der Waals surface area contributed by atoms with Crippen molar-refractivity contribution in [1.82, 2.24) is 0 Å². The van der Waals surface area contributed by atoms with Crippen molar-refractivity contribution in [3.8, 4) is 16.2 Å². The molecule has 0 aliphatic heterocycles. The number of thiophene rings is 1. The van der Waals surface area contributed by atoms with E-state index in [0.29, 0.717) is 12.2 Å². The van der Waals surface area contributed by atoms with Gasteiger partial charge in [0.25, 0.3) is 0 Å². The minimum Gasteiger partial charge on any atom is -0.494 e. The van der Waals surface area contributed by atoms with Crippen LogP contribution in [0.5, 0.6) is 5.75 Å². The molecular formula is C23H18O2S. The number of ether oxygens (including phenoxy) is 1. The van der Waals surface area contributed by atoms with E-state index in [2.05, 4.69) is 6.07 Å². The Morgan fingerprint density at radius 1 is 0.885 bits per heavy atom. The molecule has 0 radical (unpaired) electrons. The molecule has 0 saturated carbocycles. The molecule has 1 aromatic heterocycles. The largest absolute Gasteiger partial charge is 0.494 e. The van der Waals surface area contributed by atoms with Crippen LogP contribution in [0, 0.1) is 0 Å². The summed E-state index contributed by atoms with van der Waals surface area (Å²) in [6.07, 6.45) is 0. The van der Waals surface area contributed by atoms with Crippen LogP contribution in [0.4, 0.5) is 0 Å². The van der Waals surface area contributed by atoms with Gasteiger partial charge in [0.05, 0.1) is 6.61 Å². The van der Waals surface area contributed by atoms with Crippen molar-refractivity contribution >= 4 is 27.2 Å². The summed E-state index contributed by atoms with van der Waals surface area (Å²) in [5.74, 6) is 0.903. The Balaban J connectivity index is 1.88. The fraction of sp³-hybridized carbons (Fsp3) is 0.0870. The molecule has 3 aromatic carbocycles. The topological polar surface area (TPSA) is 26.3 Å². The molecular weight excluding hydrogens is 340 g/mol. The first-order valence-corrected chi connectivity index (χ1v) is 9.44. The van der Waals surface area contributed by atoms with E-state index in [0.717, 1.165) is 31.8 Å². The number of hydrogen-bond acceptors (Lipinski definition) is 3. The highest BCUT2D eigenvalue weighted by atomic mass is 32.1. The van der Waals surface area contributed by atoms with Gasteiger partial charge in [0.15, 0.2) is 5.78 Å². The van der Waals surface area contributed by atoms with Gasteiger partial charge in [0.1, 0.15) is 5.75 Å². The van der Waals surface area contributed by atoms with Gasteiger partial charge in [-0.2, -0.15) is 0 Å². The predicted molar refractivity (Wildman–Crippen MR) is 108 cm³/mol. The summed E-state index contributed by atoms with van der Waals surface area (Å²) >= 11 is 1.66. The Morgan fingerprint density at radius 2 is 1.58 bits per heavy atom. The van der Waals surface area contributed by atoms with E-state index in [4.69, 9.17) is 4.74 Å². The SMILES string of the molecule is CCOc1ccc(-c2sc3ccccc3c2C(=O)c2ccccc2)cc1. The van der Waals surface area contributed by atoms with Gasteiger partial charge in [0, 0.05) is 26.1 Å². The molecule has 0 aliphatic rings. The fourth-order valence-corrected chi connectivity index (χ4v) is 4.28. The van der Waals surface area contributed by atoms with E-state index in [1.54, 1.807) is 11.3 Å². The molecule has 0 amide bonds. The standard InChI is InChI=1S/C23H18O2S/c1-2-25-18-14-12-17(13-15-18)23-21(19-10-6-7-11-20(19)26-23)22(24)16-8-4-3-5-9-16/h3-15H,2H2,1H3. The summed E-state index contributed by atoms with van der Waals surface area (Å²) in [4.78, 5) is 14.3. The molecule has 1 heterocycles. The summed E-state index contributed by atoms with van der Waals surface area (Å²) in [5, 5.41) is 1.01. The highest BCUT2D eigenvalue weighted by Gasteiger charge is 2.21. The Hall–Kier alpha value is -2.91. The minimum absolute atomic E-state index is 0.0620. The van der Waals surface area contributed by atoms with E-state index in [-0.39, 0.29) is 5.78 Å². The second-order valence-electron chi connectivity index (χ2n) is 5.95. The summed E-state index contributed by atoms with van der Waals surface area (Å²) < 4.78 is 6.66. The number of carbonyl (C=O) groups is 1. The first-order chi connectivity index (χ1) is 12.8. The van der Waals surface area contributed by atoms with Crippen molar-refractivity contribution in [2.24, 2.45) is 0 Å². The maximum Gasteiger partial charge on any atom is 0.195 e. The van der Waals surface area contributed by atoms with Crippen LogP contribution in [0.15, 0.2) is 78.9 Å². The normalized spacial score (nSPS) is 10.8. The number of benzene rings is 3. The number of carbonyl (C=O) groups excluding carboxylic acids is 1. The lowest BCUT2D eigenvalue weighted by Crippen LogP contribution is -2.01. The van der Waals surface area contributed by atoms with E-state index in [9.17, 15) is 4.79 Å². The van der Waals surface area contributed by atoms with Crippen molar-refractivity contribution in [3.63, 3.8) is 0 Å². The van der Waals surface area contributed by atoms with E-state index in [1.807, 2.05) is 79.7 Å². The smallest absolute Gasteiger partial charge is 0.195 e. The molecule has 0 spiro atoms. The van der Waals surface area contributed by atoms with Crippen LogP contribution < -0.4 is 4.74 Å². The van der Waals surface area contributed by atoms with Crippen molar-refractivity contribution < 1.29 is 9.53 Å². The maximum atomic E-state index is 13.3. The summed E-state index contributed by atoms with van der Waals surface area (Å²) in [5.41, 5.74) is 2.53. The van der Waals surface area contributed by atoms with Crippen LogP contribution in [0.25, 0.3) is 20.5 Å². The molecule has 26 heavy (non-hydrogen) atoms. The van der Waals surface area contributed by atoms with Gasteiger partial charge in [-0.1, -0.05) is 48.5 Å². The Morgan fingerprint density at radius 3 is 2.31 bits per heavy atom. The lowest BCUT2D eigenvalue weighted by Gasteiger charge is -2.07. The van der Waals surface area contributed by atoms with E-state index in [1.165, 1.54) is 0 Å². The highest BCUT2D eigenvalue weighted by Crippen LogP contribution is 2.40. The zero-order valence-electron chi connectivity index (χ0n) is 14.4. The van der Waals surface area contributed by atoms with Crippen LogP contribution in [0.3, 0.4) is 0 Å². The van der Waals surface area contributed by atoms with Gasteiger partial charge in [0.2, 0.25) is 0 Å². The van der Waals surface area contributed by atoms with Crippen molar-refractivity contribution in [2.75, 3.05) is 6.61 Å². The summed E-state index contributed by atoms with van der Waals surface area (Å²) in [6, 6.07) is 25.5. The molecule has 0 N–H and O–H groups in total. The molecule has 0 bridgehead atoms. The molecule has 0 saturated heterocycles. The quantitative estimate of drug-likeness (QED) is 0.397. The monoisotopic (exact) mass is 358 g/mol. The van der Waals surface area contributed by atoms with Crippen molar-refractivity contribution in [3.05, 3.63) is 90.0 Å². The third kappa shape index (κ3) is 3.02. The average Bonchev–Trinajstić information content (AvgIpc) is 3.08. The number of ketones is 1. The Kier molecular flexibility index (Phi) is 4.55. The Bertz CT molecular complexity index is 1050. The van der Waals surface area contributed by atoms with Gasteiger partial charge in [-0.15, -0.1) is 11.3 Å². The van der Waals surface area contributed by atoms with Crippen LogP contribution in [0.1, 0.15) is 22.8 Å². The van der Waals surface area contributed by atoms with Gasteiger partial charge >= 0.3 is 0 Å². The summed E-state index contributed by atoms with van der Waals surface area (Å²) in [7, 11) is 0. The third-order valence-corrected chi connectivity index (χ3v) is 5.51. The van der Waals surface area contributed by atoms with Crippen molar-refractivity contribution in [1.29, 1.82) is 0 Å². The molecule has 0 atom stereocenters. The average molecular weight is 358 g/mol. The maximum absolute atomic E-state index is 13.3. The lowest BCUT2D eigenvalue weighted by atomic mass is 9.98. The third-order valence-electron chi connectivity index (χ3n) is 4.29. The molecule has 2 nitrogen and oxygen atoms in total. The summed E-state index contributed by atoms with van der Waals surface area (Å²) in [6.45, 7) is 2.61.